The van der Waals surface area contributed by atoms with Crippen molar-refractivity contribution in [2.75, 3.05) is 13.1 Å². The van der Waals surface area contributed by atoms with Gasteiger partial charge in [0.25, 0.3) is 0 Å². The summed E-state index contributed by atoms with van der Waals surface area (Å²) in [6.07, 6.45) is 5.96. The Balaban J connectivity index is 2.97. The van der Waals surface area contributed by atoms with Crippen molar-refractivity contribution < 1.29 is 0 Å². The number of nitrogens with two attached hydrogens (primary N) is 1. The molecule has 0 heterocycles. The van der Waals surface area contributed by atoms with Crippen LogP contribution in [0.25, 0.3) is 0 Å². The highest BCUT2D eigenvalue weighted by Crippen LogP contribution is 2.27. The standard InChI is InChI=1S/C18H31BrN2/c1-4-7-13-21(14-8-5-2)18(17(20)6-3)15-9-11-16(19)12-10-15/h9-12,17-18H,4-8,13-14,20H2,1-3H3. The molecule has 0 aliphatic carbocycles. The summed E-state index contributed by atoms with van der Waals surface area (Å²) in [5.41, 5.74) is 7.83. The van der Waals surface area contributed by atoms with Crippen LogP contribution in [-0.4, -0.2) is 24.0 Å². The van der Waals surface area contributed by atoms with Gasteiger partial charge in [0.2, 0.25) is 0 Å². The molecular formula is C18H31BrN2. The maximum Gasteiger partial charge on any atom is 0.0499 e. The Morgan fingerprint density at radius 2 is 1.52 bits per heavy atom. The van der Waals surface area contributed by atoms with E-state index in [-0.39, 0.29) is 6.04 Å². The second-order valence-electron chi connectivity index (χ2n) is 5.81. The molecule has 0 bridgehead atoms. The molecule has 0 amide bonds. The summed E-state index contributed by atoms with van der Waals surface area (Å²) < 4.78 is 1.13. The van der Waals surface area contributed by atoms with E-state index in [1.807, 2.05) is 0 Å². The molecule has 1 aromatic rings. The van der Waals surface area contributed by atoms with Crippen molar-refractivity contribution >= 4 is 15.9 Å². The zero-order valence-corrected chi connectivity index (χ0v) is 15.4. The lowest BCUT2D eigenvalue weighted by Crippen LogP contribution is -2.41. The van der Waals surface area contributed by atoms with Crippen molar-refractivity contribution in [3.63, 3.8) is 0 Å². The van der Waals surface area contributed by atoms with Crippen LogP contribution in [0.1, 0.15) is 64.5 Å². The quantitative estimate of drug-likeness (QED) is 0.630. The van der Waals surface area contributed by atoms with E-state index in [9.17, 15) is 0 Å². The molecule has 0 spiro atoms. The van der Waals surface area contributed by atoms with Crippen LogP contribution in [0.5, 0.6) is 0 Å². The molecule has 2 atom stereocenters. The smallest absolute Gasteiger partial charge is 0.0499 e. The average Bonchev–Trinajstić information content (AvgIpc) is 2.51. The second kappa shape index (κ2) is 10.4. The van der Waals surface area contributed by atoms with Gasteiger partial charge in [0.1, 0.15) is 0 Å². The van der Waals surface area contributed by atoms with Gasteiger partial charge in [-0.05, 0) is 50.0 Å². The zero-order valence-electron chi connectivity index (χ0n) is 13.8. The molecule has 0 aliphatic rings. The van der Waals surface area contributed by atoms with Gasteiger partial charge in [-0.3, -0.25) is 4.90 Å². The highest BCUT2D eigenvalue weighted by molar-refractivity contribution is 9.10. The van der Waals surface area contributed by atoms with E-state index in [4.69, 9.17) is 5.73 Å². The van der Waals surface area contributed by atoms with E-state index in [2.05, 4.69) is 65.9 Å². The molecule has 0 aromatic heterocycles. The highest BCUT2D eigenvalue weighted by Gasteiger charge is 2.24. The van der Waals surface area contributed by atoms with Crippen molar-refractivity contribution in [3.05, 3.63) is 34.3 Å². The Kier molecular flexibility index (Phi) is 9.21. The van der Waals surface area contributed by atoms with Crippen molar-refractivity contribution in [2.45, 2.75) is 65.0 Å². The van der Waals surface area contributed by atoms with Crippen molar-refractivity contribution in [3.8, 4) is 0 Å². The Hall–Kier alpha value is -0.380. The van der Waals surface area contributed by atoms with Crippen LogP contribution in [0, 0.1) is 0 Å². The van der Waals surface area contributed by atoms with E-state index in [1.165, 1.54) is 31.2 Å². The molecule has 3 heteroatoms. The fourth-order valence-electron chi connectivity index (χ4n) is 2.72. The Labute approximate surface area is 139 Å². The topological polar surface area (TPSA) is 29.3 Å². The SMILES string of the molecule is CCCCN(CCCC)C(c1ccc(Br)cc1)C(N)CC. The van der Waals surface area contributed by atoms with Crippen LogP contribution in [0.15, 0.2) is 28.7 Å². The second-order valence-corrected chi connectivity index (χ2v) is 6.73. The van der Waals surface area contributed by atoms with Gasteiger partial charge in [0.05, 0.1) is 0 Å². The summed E-state index contributed by atoms with van der Waals surface area (Å²) in [4.78, 5) is 2.60. The summed E-state index contributed by atoms with van der Waals surface area (Å²) in [6, 6.07) is 9.22. The number of unbranched alkanes of at least 4 members (excludes halogenated alkanes) is 2. The van der Waals surface area contributed by atoms with Gasteiger partial charge in [-0.15, -0.1) is 0 Å². The third-order valence-corrected chi connectivity index (χ3v) is 4.61. The van der Waals surface area contributed by atoms with E-state index < -0.39 is 0 Å². The van der Waals surface area contributed by atoms with Gasteiger partial charge in [-0.25, -0.2) is 0 Å². The molecule has 0 saturated heterocycles. The van der Waals surface area contributed by atoms with Gasteiger partial charge >= 0.3 is 0 Å². The minimum Gasteiger partial charge on any atom is -0.326 e. The third-order valence-electron chi connectivity index (χ3n) is 4.08. The molecule has 21 heavy (non-hydrogen) atoms. The normalized spacial score (nSPS) is 14.4. The number of hydrogen-bond acceptors (Lipinski definition) is 2. The van der Waals surface area contributed by atoms with Crippen LogP contribution in [0.4, 0.5) is 0 Å². The minimum atomic E-state index is 0.194. The van der Waals surface area contributed by atoms with Gasteiger partial charge in [0, 0.05) is 16.6 Å². The van der Waals surface area contributed by atoms with Gasteiger partial charge in [-0.1, -0.05) is 61.7 Å². The summed E-state index contributed by atoms with van der Waals surface area (Å²) in [5.74, 6) is 0. The lowest BCUT2D eigenvalue weighted by atomic mass is 9.95. The molecule has 0 radical (unpaired) electrons. The maximum atomic E-state index is 6.48. The molecule has 0 fully saturated rings. The average molecular weight is 355 g/mol. The molecular weight excluding hydrogens is 324 g/mol. The monoisotopic (exact) mass is 354 g/mol. The molecule has 2 N–H and O–H groups in total. The first-order valence-corrected chi connectivity index (χ1v) is 9.18. The lowest BCUT2D eigenvalue weighted by molar-refractivity contribution is 0.164. The van der Waals surface area contributed by atoms with E-state index in [0.29, 0.717) is 6.04 Å². The summed E-state index contributed by atoms with van der Waals surface area (Å²) in [6.45, 7) is 8.99. The van der Waals surface area contributed by atoms with Crippen LogP contribution >= 0.6 is 15.9 Å². The lowest BCUT2D eigenvalue weighted by Gasteiger charge is -2.36. The van der Waals surface area contributed by atoms with Crippen molar-refractivity contribution in [1.82, 2.24) is 4.90 Å². The molecule has 2 unspecified atom stereocenters. The van der Waals surface area contributed by atoms with Crippen LogP contribution in [-0.2, 0) is 0 Å². The van der Waals surface area contributed by atoms with Crippen LogP contribution in [0.3, 0.4) is 0 Å². The van der Waals surface area contributed by atoms with Gasteiger partial charge < -0.3 is 5.73 Å². The summed E-state index contributed by atoms with van der Waals surface area (Å²) >= 11 is 3.52. The fourth-order valence-corrected chi connectivity index (χ4v) is 2.99. The molecule has 0 saturated carbocycles. The van der Waals surface area contributed by atoms with Gasteiger partial charge in [-0.2, -0.15) is 0 Å². The fraction of sp³-hybridized carbons (Fsp3) is 0.667. The predicted octanol–water partition coefficient (Wildman–Crippen LogP) is 5.13. The number of rotatable bonds is 10. The highest BCUT2D eigenvalue weighted by atomic mass is 79.9. The third kappa shape index (κ3) is 6.09. The van der Waals surface area contributed by atoms with Gasteiger partial charge in [0.15, 0.2) is 0 Å². The van der Waals surface area contributed by atoms with Crippen molar-refractivity contribution in [1.29, 1.82) is 0 Å². The van der Waals surface area contributed by atoms with E-state index in [1.54, 1.807) is 0 Å². The Morgan fingerprint density at radius 3 is 1.95 bits per heavy atom. The first-order chi connectivity index (χ1) is 10.1. The zero-order chi connectivity index (χ0) is 15.7. The number of halogens is 1. The Bertz CT molecular complexity index is 369. The maximum absolute atomic E-state index is 6.48. The number of hydrogen-bond donors (Lipinski definition) is 1. The number of nitrogens with zero attached hydrogens (tertiary/aromatic N) is 1. The molecule has 120 valence electrons. The predicted molar refractivity (Wildman–Crippen MR) is 96.5 cm³/mol. The van der Waals surface area contributed by atoms with Crippen LogP contribution < -0.4 is 5.73 Å². The molecule has 1 rings (SSSR count). The first-order valence-electron chi connectivity index (χ1n) is 8.39. The molecule has 0 aliphatic heterocycles. The summed E-state index contributed by atoms with van der Waals surface area (Å²) in [7, 11) is 0. The van der Waals surface area contributed by atoms with E-state index in [0.717, 1.165) is 24.0 Å². The van der Waals surface area contributed by atoms with E-state index >= 15 is 0 Å². The largest absolute Gasteiger partial charge is 0.326 e. The van der Waals surface area contributed by atoms with Crippen LogP contribution in [0.2, 0.25) is 0 Å². The molecule has 2 nitrogen and oxygen atoms in total. The van der Waals surface area contributed by atoms with Crippen molar-refractivity contribution in [2.24, 2.45) is 5.73 Å². The Morgan fingerprint density at radius 1 is 1.00 bits per heavy atom. The number of benzene rings is 1. The molecule has 1 aromatic carbocycles. The minimum absolute atomic E-state index is 0.194. The summed E-state index contributed by atoms with van der Waals surface area (Å²) in [5, 5.41) is 0. The first kappa shape index (κ1) is 18.7.